The number of nitrogen functional groups attached to an aromatic ring is 1. The largest absolute Gasteiger partial charge is 0.416 e. The predicted octanol–water partition coefficient (Wildman–Crippen LogP) is 4.61. The van der Waals surface area contributed by atoms with Gasteiger partial charge in [0.2, 0.25) is 0 Å². The number of alkyl halides is 3. The van der Waals surface area contributed by atoms with Gasteiger partial charge in [-0.25, -0.2) is 9.78 Å². The van der Waals surface area contributed by atoms with Gasteiger partial charge in [0.15, 0.2) is 5.82 Å². The van der Waals surface area contributed by atoms with Crippen molar-refractivity contribution >= 4 is 23.2 Å². The molecule has 10 heteroatoms. The molecule has 2 atom stereocenters. The van der Waals surface area contributed by atoms with E-state index in [0.29, 0.717) is 18.5 Å². The average molecular weight is 457 g/mol. The van der Waals surface area contributed by atoms with Gasteiger partial charge < -0.3 is 16.2 Å². The Hall–Kier alpha value is -3.66. The molecule has 33 heavy (non-hydrogen) atoms. The summed E-state index contributed by atoms with van der Waals surface area (Å²) in [5, 5.41) is 13.0. The standard InChI is InChI=1S/C23H22F3N5O2/c1-13-9-16(12-28-11-13)29-22(33)31(19-7-8-20(19)32)21-17(27)5-6-18(30-21)14-3-2-4-15(10-14)23(24,25)26/h2-6,9-12,19-20,32H,7-8,27H2,1H3,(H,29,33)/t19?,20-/m1/s1. The van der Waals surface area contributed by atoms with E-state index in [-0.39, 0.29) is 22.8 Å². The van der Waals surface area contributed by atoms with E-state index in [0.717, 1.165) is 17.7 Å². The number of aryl methyl sites for hydroxylation is 1. The van der Waals surface area contributed by atoms with Crippen molar-refractivity contribution in [3.8, 4) is 11.3 Å². The number of nitrogens with one attached hydrogen (secondary N) is 1. The minimum Gasteiger partial charge on any atom is -0.396 e. The van der Waals surface area contributed by atoms with E-state index in [2.05, 4.69) is 15.3 Å². The number of urea groups is 1. The fraction of sp³-hybridized carbons (Fsp3) is 0.261. The zero-order valence-electron chi connectivity index (χ0n) is 17.7. The van der Waals surface area contributed by atoms with Gasteiger partial charge in [0.1, 0.15) is 0 Å². The van der Waals surface area contributed by atoms with E-state index in [1.54, 1.807) is 12.3 Å². The van der Waals surface area contributed by atoms with E-state index >= 15 is 0 Å². The fourth-order valence-electron chi connectivity index (χ4n) is 3.64. The third-order valence-corrected chi connectivity index (χ3v) is 5.50. The van der Waals surface area contributed by atoms with Crippen molar-refractivity contribution in [1.29, 1.82) is 0 Å². The number of hydrogen-bond acceptors (Lipinski definition) is 5. The molecule has 0 bridgehead atoms. The molecule has 2 aromatic heterocycles. The summed E-state index contributed by atoms with van der Waals surface area (Å²) in [5.41, 5.74) is 7.21. The number of nitrogens with zero attached hydrogens (tertiary/aromatic N) is 3. The average Bonchev–Trinajstić information content (AvgIpc) is 2.76. The van der Waals surface area contributed by atoms with Crippen molar-refractivity contribution in [1.82, 2.24) is 9.97 Å². The molecule has 3 aromatic rings. The monoisotopic (exact) mass is 457 g/mol. The first kappa shape index (κ1) is 22.5. The molecule has 1 aliphatic carbocycles. The van der Waals surface area contributed by atoms with E-state index in [1.165, 1.54) is 35.4 Å². The second-order valence-electron chi connectivity index (χ2n) is 7.95. The third kappa shape index (κ3) is 4.75. The number of aliphatic hydroxyl groups is 1. The SMILES string of the molecule is Cc1cncc(NC(=O)N(c2nc(-c3cccc(C(F)(F)F)c3)ccc2N)C2CC[C@H]2O)c1. The van der Waals surface area contributed by atoms with E-state index < -0.39 is 29.9 Å². The highest BCUT2D eigenvalue weighted by Crippen LogP contribution is 2.36. The molecule has 7 nitrogen and oxygen atoms in total. The lowest BCUT2D eigenvalue weighted by Gasteiger charge is -2.41. The number of benzene rings is 1. The molecule has 4 N–H and O–H groups in total. The predicted molar refractivity (Wildman–Crippen MR) is 119 cm³/mol. The molecule has 1 fully saturated rings. The van der Waals surface area contributed by atoms with Gasteiger partial charge in [0, 0.05) is 11.8 Å². The third-order valence-electron chi connectivity index (χ3n) is 5.50. The Morgan fingerprint density at radius 1 is 1.18 bits per heavy atom. The first-order valence-corrected chi connectivity index (χ1v) is 10.3. The molecule has 0 spiro atoms. The lowest BCUT2D eigenvalue weighted by atomic mass is 9.87. The van der Waals surface area contributed by atoms with Crippen LogP contribution < -0.4 is 16.0 Å². The van der Waals surface area contributed by atoms with Crippen molar-refractivity contribution in [3.05, 3.63) is 66.0 Å². The molecule has 1 aromatic carbocycles. The molecule has 4 rings (SSSR count). The van der Waals surface area contributed by atoms with Crippen LogP contribution in [0, 0.1) is 6.92 Å². The molecular formula is C23H22F3N5O2. The number of amides is 2. The summed E-state index contributed by atoms with van der Waals surface area (Å²) in [7, 11) is 0. The maximum atomic E-state index is 13.2. The summed E-state index contributed by atoms with van der Waals surface area (Å²) < 4.78 is 39.5. The summed E-state index contributed by atoms with van der Waals surface area (Å²) >= 11 is 0. The highest BCUT2D eigenvalue weighted by molar-refractivity contribution is 6.03. The Kier molecular flexibility index (Phi) is 5.94. The molecule has 2 heterocycles. The summed E-state index contributed by atoms with van der Waals surface area (Å²) in [6.45, 7) is 1.83. The lowest BCUT2D eigenvalue weighted by Crippen LogP contribution is -2.55. The van der Waals surface area contributed by atoms with Crippen LogP contribution >= 0.6 is 0 Å². The van der Waals surface area contributed by atoms with Gasteiger partial charge >= 0.3 is 12.2 Å². The number of aliphatic hydroxyl groups excluding tert-OH is 1. The van der Waals surface area contributed by atoms with Crippen LogP contribution in [0.25, 0.3) is 11.3 Å². The van der Waals surface area contributed by atoms with Crippen LogP contribution in [0.3, 0.4) is 0 Å². The first-order chi connectivity index (χ1) is 15.6. The maximum Gasteiger partial charge on any atom is 0.416 e. The first-order valence-electron chi connectivity index (χ1n) is 10.3. The Morgan fingerprint density at radius 3 is 2.61 bits per heavy atom. The van der Waals surface area contributed by atoms with E-state index in [9.17, 15) is 23.1 Å². The number of pyridine rings is 2. The normalized spacial score (nSPS) is 17.8. The van der Waals surface area contributed by atoms with Gasteiger partial charge in [0.25, 0.3) is 0 Å². The molecule has 1 aliphatic rings. The van der Waals surface area contributed by atoms with Crippen LogP contribution in [-0.2, 0) is 6.18 Å². The van der Waals surface area contributed by atoms with Gasteiger partial charge in [-0.15, -0.1) is 0 Å². The zero-order valence-corrected chi connectivity index (χ0v) is 17.7. The Labute approximate surface area is 188 Å². The molecule has 1 unspecified atom stereocenters. The van der Waals surface area contributed by atoms with Crippen molar-refractivity contribution in [3.63, 3.8) is 0 Å². The van der Waals surface area contributed by atoms with Crippen LogP contribution in [0.1, 0.15) is 24.0 Å². The molecule has 0 aliphatic heterocycles. The number of carbonyl (C=O) groups is 1. The highest BCUT2D eigenvalue weighted by Gasteiger charge is 2.39. The number of anilines is 3. The zero-order chi connectivity index (χ0) is 23.8. The minimum absolute atomic E-state index is 0.0618. The number of hydrogen-bond donors (Lipinski definition) is 3. The van der Waals surface area contributed by atoms with Gasteiger partial charge in [-0.3, -0.25) is 9.88 Å². The van der Waals surface area contributed by atoms with Gasteiger partial charge in [0.05, 0.1) is 41.0 Å². The highest BCUT2D eigenvalue weighted by atomic mass is 19.4. The molecule has 2 amide bonds. The van der Waals surface area contributed by atoms with Crippen molar-refractivity contribution < 1.29 is 23.1 Å². The Bertz CT molecular complexity index is 1180. The summed E-state index contributed by atoms with van der Waals surface area (Å²) in [5.74, 6) is 0.0618. The number of rotatable bonds is 4. The molecular weight excluding hydrogens is 435 g/mol. The van der Waals surface area contributed by atoms with Crippen molar-refractivity contribution in [2.24, 2.45) is 0 Å². The molecule has 1 saturated carbocycles. The second-order valence-corrected chi connectivity index (χ2v) is 7.95. The van der Waals surface area contributed by atoms with E-state index in [4.69, 9.17) is 5.73 Å². The van der Waals surface area contributed by atoms with Gasteiger partial charge in [-0.1, -0.05) is 12.1 Å². The molecule has 0 radical (unpaired) electrons. The summed E-state index contributed by atoms with van der Waals surface area (Å²) in [4.78, 5) is 23.0. The smallest absolute Gasteiger partial charge is 0.396 e. The number of carbonyl (C=O) groups excluding carboxylic acids is 1. The van der Waals surface area contributed by atoms with E-state index in [1.807, 2.05) is 6.92 Å². The van der Waals surface area contributed by atoms with Crippen LogP contribution in [-0.4, -0.2) is 33.3 Å². The Balaban J connectivity index is 1.73. The molecule has 172 valence electrons. The number of halogens is 3. The van der Waals surface area contributed by atoms with Crippen LogP contribution in [0.2, 0.25) is 0 Å². The lowest BCUT2D eigenvalue weighted by molar-refractivity contribution is -0.137. The summed E-state index contributed by atoms with van der Waals surface area (Å²) in [6.07, 6.45) is -1.12. The second kappa shape index (κ2) is 8.70. The van der Waals surface area contributed by atoms with Crippen LogP contribution in [0.5, 0.6) is 0 Å². The maximum absolute atomic E-state index is 13.2. The van der Waals surface area contributed by atoms with Gasteiger partial charge in [-0.2, -0.15) is 13.2 Å². The number of aromatic nitrogens is 2. The van der Waals surface area contributed by atoms with Crippen molar-refractivity contribution in [2.45, 2.75) is 38.1 Å². The fourth-order valence-corrected chi connectivity index (χ4v) is 3.64. The van der Waals surface area contributed by atoms with Crippen LogP contribution in [0.4, 0.5) is 35.2 Å². The topological polar surface area (TPSA) is 104 Å². The number of nitrogens with two attached hydrogens (primary N) is 1. The quantitative estimate of drug-likeness (QED) is 0.531. The molecule has 0 saturated heterocycles. The van der Waals surface area contributed by atoms with Crippen molar-refractivity contribution in [2.75, 3.05) is 16.0 Å². The summed E-state index contributed by atoms with van der Waals surface area (Å²) in [6, 6.07) is 8.31. The minimum atomic E-state index is -4.50. The van der Waals surface area contributed by atoms with Crippen LogP contribution in [0.15, 0.2) is 54.9 Å². The Morgan fingerprint density at radius 2 is 1.97 bits per heavy atom. The van der Waals surface area contributed by atoms with Gasteiger partial charge in [-0.05, 0) is 55.7 Å².